The highest BCUT2D eigenvalue weighted by atomic mass is 16.6. The largest absolute Gasteiger partial charge is 0.493 e. The molecular formula is C24H22O5. The summed E-state index contributed by atoms with van der Waals surface area (Å²) in [6.07, 6.45) is -0.532. The lowest BCUT2D eigenvalue weighted by Gasteiger charge is -2.19. The minimum Gasteiger partial charge on any atom is -0.493 e. The van der Waals surface area contributed by atoms with Gasteiger partial charge < -0.3 is 14.2 Å². The van der Waals surface area contributed by atoms with E-state index in [1.165, 1.54) is 14.0 Å². The Labute approximate surface area is 169 Å². The van der Waals surface area contributed by atoms with E-state index in [4.69, 9.17) is 14.2 Å². The molecule has 0 saturated heterocycles. The van der Waals surface area contributed by atoms with E-state index in [2.05, 4.69) is 0 Å². The number of hydrogen-bond acceptors (Lipinski definition) is 5. The van der Waals surface area contributed by atoms with Crippen molar-refractivity contribution in [1.82, 2.24) is 0 Å². The van der Waals surface area contributed by atoms with E-state index >= 15 is 0 Å². The van der Waals surface area contributed by atoms with E-state index in [0.29, 0.717) is 17.1 Å². The molecule has 0 bridgehead atoms. The van der Waals surface area contributed by atoms with Crippen LogP contribution in [-0.4, -0.2) is 25.5 Å². The lowest BCUT2D eigenvalue weighted by atomic mass is 10.0. The maximum atomic E-state index is 12.5. The fraction of sp³-hybridized carbons (Fsp3) is 0.167. The normalized spacial score (nSPS) is 10.4. The van der Waals surface area contributed by atoms with Crippen LogP contribution in [0, 0.1) is 0 Å². The lowest BCUT2D eigenvalue weighted by molar-refractivity contribution is -0.150. The molecule has 148 valence electrons. The van der Waals surface area contributed by atoms with E-state index in [-0.39, 0.29) is 12.4 Å². The van der Waals surface area contributed by atoms with Gasteiger partial charge in [0.2, 0.25) is 0 Å². The van der Waals surface area contributed by atoms with Crippen LogP contribution in [0.15, 0.2) is 78.9 Å². The summed E-state index contributed by atoms with van der Waals surface area (Å²) in [7, 11) is 1.48. The molecule has 29 heavy (non-hydrogen) atoms. The molecule has 5 nitrogen and oxygen atoms in total. The van der Waals surface area contributed by atoms with Crippen LogP contribution in [0.4, 0.5) is 0 Å². The molecule has 5 heteroatoms. The van der Waals surface area contributed by atoms with Gasteiger partial charge in [0, 0.05) is 5.56 Å². The number of benzene rings is 3. The first-order chi connectivity index (χ1) is 14.1. The average molecular weight is 390 g/mol. The Balaban J connectivity index is 1.72. The molecule has 0 aliphatic carbocycles. The summed E-state index contributed by atoms with van der Waals surface area (Å²) >= 11 is 0. The number of methoxy groups -OCH3 is 1. The van der Waals surface area contributed by atoms with Crippen molar-refractivity contribution in [2.24, 2.45) is 0 Å². The summed E-state index contributed by atoms with van der Waals surface area (Å²) in [5, 5.41) is 0. The van der Waals surface area contributed by atoms with E-state index in [9.17, 15) is 9.59 Å². The Morgan fingerprint density at radius 3 is 1.93 bits per heavy atom. The van der Waals surface area contributed by atoms with E-state index in [0.717, 1.165) is 11.1 Å². The molecule has 0 amide bonds. The summed E-state index contributed by atoms with van der Waals surface area (Å²) in [5.74, 6) is 0.154. The molecule has 3 rings (SSSR count). The van der Waals surface area contributed by atoms with Crippen molar-refractivity contribution in [3.8, 4) is 11.5 Å². The van der Waals surface area contributed by atoms with Crippen LogP contribution in [0.3, 0.4) is 0 Å². The van der Waals surface area contributed by atoms with Gasteiger partial charge in [-0.1, -0.05) is 60.7 Å². The fourth-order valence-corrected chi connectivity index (χ4v) is 2.89. The van der Waals surface area contributed by atoms with Gasteiger partial charge in [-0.05, 0) is 36.2 Å². The number of carbonyl (C=O) groups is 2. The predicted octanol–water partition coefficient (Wildman–Crippen LogP) is 4.61. The number of ether oxygens (including phenoxy) is 3. The third kappa shape index (κ3) is 5.23. The highest BCUT2D eigenvalue weighted by Gasteiger charge is 2.19. The van der Waals surface area contributed by atoms with Crippen LogP contribution in [0.1, 0.15) is 34.5 Å². The van der Waals surface area contributed by atoms with Gasteiger partial charge in [0.1, 0.15) is 0 Å². The summed E-state index contributed by atoms with van der Waals surface area (Å²) in [6, 6.07) is 23.9. The zero-order valence-corrected chi connectivity index (χ0v) is 16.3. The first-order valence-electron chi connectivity index (χ1n) is 9.19. The highest BCUT2D eigenvalue weighted by molar-refractivity contribution is 5.94. The number of rotatable bonds is 8. The van der Waals surface area contributed by atoms with Gasteiger partial charge in [0.05, 0.1) is 7.11 Å². The maximum absolute atomic E-state index is 12.5. The van der Waals surface area contributed by atoms with Crippen LogP contribution in [-0.2, 0) is 9.53 Å². The van der Waals surface area contributed by atoms with E-state index < -0.39 is 12.1 Å². The van der Waals surface area contributed by atoms with E-state index in [1.807, 2.05) is 60.7 Å². The Morgan fingerprint density at radius 2 is 1.41 bits per heavy atom. The summed E-state index contributed by atoms with van der Waals surface area (Å²) < 4.78 is 16.6. The monoisotopic (exact) mass is 390 g/mol. The number of esters is 1. The van der Waals surface area contributed by atoms with Gasteiger partial charge in [-0.2, -0.15) is 0 Å². The number of hydrogen-bond donors (Lipinski definition) is 0. The minimum atomic E-state index is -0.532. The molecule has 0 saturated carbocycles. The third-order valence-electron chi connectivity index (χ3n) is 4.37. The van der Waals surface area contributed by atoms with Gasteiger partial charge in [-0.25, -0.2) is 4.79 Å². The van der Waals surface area contributed by atoms with Crippen molar-refractivity contribution in [1.29, 1.82) is 0 Å². The molecule has 0 aliphatic rings. The highest BCUT2D eigenvalue weighted by Crippen LogP contribution is 2.29. The molecule has 3 aromatic carbocycles. The second-order valence-electron chi connectivity index (χ2n) is 6.40. The Bertz CT molecular complexity index is 928. The van der Waals surface area contributed by atoms with Crippen molar-refractivity contribution in [2.75, 3.05) is 13.7 Å². The van der Waals surface area contributed by atoms with Crippen molar-refractivity contribution >= 4 is 11.8 Å². The molecule has 0 radical (unpaired) electrons. The SMILES string of the molecule is COc1cc(C(C)=O)ccc1OCC(=O)OC(c1ccccc1)c1ccccc1. The summed E-state index contributed by atoms with van der Waals surface area (Å²) in [4.78, 5) is 24.0. The van der Waals surface area contributed by atoms with Gasteiger partial charge in [-0.15, -0.1) is 0 Å². The predicted molar refractivity (Wildman–Crippen MR) is 109 cm³/mol. The lowest BCUT2D eigenvalue weighted by Crippen LogP contribution is -2.19. The Hall–Kier alpha value is -3.60. The topological polar surface area (TPSA) is 61.8 Å². The van der Waals surface area contributed by atoms with Crippen molar-refractivity contribution in [3.63, 3.8) is 0 Å². The molecule has 0 atom stereocenters. The van der Waals surface area contributed by atoms with Gasteiger partial charge >= 0.3 is 5.97 Å². The van der Waals surface area contributed by atoms with Crippen LogP contribution in [0.5, 0.6) is 11.5 Å². The van der Waals surface area contributed by atoms with E-state index in [1.54, 1.807) is 18.2 Å². The van der Waals surface area contributed by atoms with Crippen molar-refractivity contribution < 1.29 is 23.8 Å². The van der Waals surface area contributed by atoms with Gasteiger partial charge in [-0.3, -0.25) is 4.79 Å². The van der Waals surface area contributed by atoms with Crippen LogP contribution in [0.2, 0.25) is 0 Å². The number of ketones is 1. The molecule has 0 aromatic heterocycles. The smallest absolute Gasteiger partial charge is 0.345 e. The van der Waals surface area contributed by atoms with Gasteiger partial charge in [0.15, 0.2) is 30.0 Å². The van der Waals surface area contributed by atoms with Gasteiger partial charge in [0.25, 0.3) is 0 Å². The molecule has 0 N–H and O–H groups in total. The second kappa shape index (κ2) is 9.55. The molecule has 0 fully saturated rings. The second-order valence-corrected chi connectivity index (χ2v) is 6.40. The molecule has 0 heterocycles. The van der Waals surface area contributed by atoms with Crippen molar-refractivity contribution in [3.05, 3.63) is 95.6 Å². The quantitative estimate of drug-likeness (QED) is 0.415. The van der Waals surface area contributed by atoms with Crippen LogP contribution in [0.25, 0.3) is 0 Å². The molecule has 0 unspecified atom stereocenters. The first kappa shape index (κ1) is 20.1. The standard InChI is InChI=1S/C24H22O5/c1-17(25)20-13-14-21(22(15-20)27-2)28-16-23(26)29-24(18-9-5-3-6-10-18)19-11-7-4-8-12-19/h3-15,24H,16H2,1-2H3. The maximum Gasteiger partial charge on any atom is 0.345 e. The number of Topliss-reactive ketones (excluding diaryl/α,β-unsaturated/α-hetero) is 1. The molecular weight excluding hydrogens is 368 g/mol. The average Bonchev–Trinajstić information content (AvgIpc) is 2.77. The van der Waals surface area contributed by atoms with Crippen LogP contribution >= 0.6 is 0 Å². The number of carbonyl (C=O) groups excluding carboxylic acids is 2. The Kier molecular flexibility index (Phi) is 6.63. The van der Waals surface area contributed by atoms with Crippen molar-refractivity contribution in [2.45, 2.75) is 13.0 Å². The summed E-state index contributed by atoms with van der Waals surface area (Å²) in [5.41, 5.74) is 2.25. The molecule has 0 aliphatic heterocycles. The molecule has 0 spiro atoms. The third-order valence-corrected chi connectivity index (χ3v) is 4.37. The Morgan fingerprint density at radius 1 is 0.828 bits per heavy atom. The summed E-state index contributed by atoms with van der Waals surface area (Å²) in [6.45, 7) is 1.19. The zero-order chi connectivity index (χ0) is 20.6. The molecule has 3 aromatic rings. The first-order valence-corrected chi connectivity index (χ1v) is 9.19. The minimum absolute atomic E-state index is 0.0807. The van der Waals surface area contributed by atoms with Crippen LogP contribution < -0.4 is 9.47 Å². The zero-order valence-electron chi connectivity index (χ0n) is 16.3. The fourth-order valence-electron chi connectivity index (χ4n) is 2.89.